The number of carbonyl (C=O) groups excluding carboxylic acids is 2. The van der Waals surface area contributed by atoms with Crippen molar-refractivity contribution in [2.45, 2.75) is 6.04 Å². The van der Waals surface area contributed by atoms with Crippen LogP contribution in [-0.2, 0) is 14.3 Å². The zero-order valence-electron chi connectivity index (χ0n) is 10.1. The molecule has 94 valence electrons. The van der Waals surface area contributed by atoms with E-state index >= 15 is 0 Å². The molecule has 0 unspecified atom stereocenters. The van der Waals surface area contributed by atoms with Crippen molar-refractivity contribution in [2.24, 2.45) is 0 Å². The third-order valence-electron chi connectivity index (χ3n) is 1.92. The number of likely N-dealkylation sites (N-methyl/N-ethyl adjacent to an activating group) is 1. The number of quaternary nitrogens is 1. The average Bonchev–Trinajstić information content (AvgIpc) is 2.17. The SMILES string of the molecule is C[N+](C)(C)CCOC(=O)[C@H](CS)NCC=O. The van der Waals surface area contributed by atoms with Crippen LogP contribution in [-0.4, -0.2) is 69.4 Å². The minimum absolute atomic E-state index is 0.135. The molecular weight excluding hydrogens is 228 g/mol. The van der Waals surface area contributed by atoms with Crippen molar-refractivity contribution in [3.63, 3.8) is 0 Å². The number of nitrogens with one attached hydrogen (secondary N) is 1. The van der Waals surface area contributed by atoms with Crippen LogP contribution in [0.15, 0.2) is 0 Å². The predicted molar refractivity (Wildman–Crippen MR) is 65.6 cm³/mol. The Morgan fingerprint density at radius 1 is 1.50 bits per heavy atom. The summed E-state index contributed by atoms with van der Waals surface area (Å²) in [6.45, 7) is 1.25. The number of ether oxygens (including phenoxy) is 1. The second kappa shape index (κ2) is 7.65. The van der Waals surface area contributed by atoms with Crippen LogP contribution in [0.5, 0.6) is 0 Å². The molecule has 0 rings (SSSR count). The first-order valence-electron chi connectivity index (χ1n) is 5.15. The second-order valence-corrected chi connectivity index (χ2v) is 4.86. The third-order valence-corrected chi connectivity index (χ3v) is 2.29. The molecule has 5 nitrogen and oxygen atoms in total. The molecule has 16 heavy (non-hydrogen) atoms. The van der Waals surface area contributed by atoms with E-state index in [0.29, 0.717) is 18.6 Å². The molecule has 0 aromatic heterocycles. The van der Waals surface area contributed by atoms with Crippen molar-refractivity contribution in [3.8, 4) is 0 Å². The van der Waals surface area contributed by atoms with Crippen molar-refractivity contribution in [1.82, 2.24) is 5.32 Å². The fourth-order valence-corrected chi connectivity index (χ4v) is 1.21. The van der Waals surface area contributed by atoms with Gasteiger partial charge in [0.2, 0.25) is 0 Å². The smallest absolute Gasteiger partial charge is 0.324 e. The predicted octanol–water partition coefficient (Wildman–Crippen LogP) is -0.677. The lowest BCUT2D eigenvalue weighted by Gasteiger charge is -2.24. The topological polar surface area (TPSA) is 55.4 Å². The highest BCUT2D eigenvalue weighted by Crippen LogP contribution is 1.95. The fourth-order valence-electron chi connectivity index (χ4n) is 0.933. The van der Waals surface area contributed by atoms with Crippen LogP contribution in [0.1, 0.15) is 0 Å². The number of esters is 1. The number of hydrogen-bond donors (Lipinski definition) is 2. The monoisotopic (exact) mass is 249 g/mol. The number of hydrogen-bond acceptors (Lipinski definition) is 5. The van der Waals surface area contributed by atoms with Crippen LogP contribution < -0.4 is 5.32 Å². The molecule has 0 aliphatic heterocycles. The first-order chi connectivity index (χ1) is 7.40. The van der Waals surface area contributed by atoms with E-state index in [1.165, 1.54) is 0 Å². The van der Waals surface area contributed by atoms with Crippen LogP contribution >= 0.6 is 12.6 Å². The van der Waals surface area contributed by atoms with Crippen LogP contribution in [0.3, 0.4) is 0 Å². The average molecular weight is 249 g/mol. The molecule has 0 saturated heterocycles. The van der Waals surface area contributed by atoms with Crippen molar-refractivity contribution < 1.29 is 18.8 Å². The normalized spacial score (nSPS) is 13.2. The Labute approximate surface area is 102 Å². The number of carbonyl (C=O) groups is 2. The molecule has 0 aliphatic rings. The summed E-state index contributed by atoms with van der Waals surface area (Å²) in [7, 11) is 6.07. The molecule has 0 saturated carbocycles. The Morgan fingerprint density at radius 3 is 2.56 bits per heavy atom. The van der Waals surface area contributed by atoms with Gasteiger partial charge < -0.3 is 14.0 Å². The summed E-state index contributed by atoms with van der Waals surface area (Å²) in [6.07, 6.45) is 0.704. The number of aldehydes is 1. The van der Waals surface area contributed by atoms with Crippen LogP contribution in [0, 0.1) is 0 Å². The van der Waals surface area contributed by atoms with E-state index in [1.807, 2.05) is 21.1 Å². The maximum Gasteiger partial charge on any atom is 0.324 e. The molecule has 0 bridgehead atoms. The Hall–Kier alpha value is -0.590. The summed E-state index contributed by atoms with van der Waals surface area (Å²) in [5.41, 5.74) is 0. The Morgan fingerprint density at radius 2 is 2.12 bits per heavy atom. The molecule has 0 heterocycles. The molecule has 6 heteroatoms. The highest BCUT2D eigenvalue weighted by atomic mass is 32.1. The van der Waals surface area contributed by atoms with Crippen LogP contribution in [0.2, 0.25) is 0 Å². The quantitative estimate of drug-likeness (QED) is 0.259. The lowest BCUT2D eigenvalue weighted by molar-refractivity contribution is -0.870. The number of thiol groups is 1. The molecule has 0 aromatic rings. The summed E-state index contributed by atoms with van der Waals surface area (Å²) in [5.74, 6) is -0.0397. The van der Waals surface area contributed by atoms with Gasteiger partial charge in [0.25, 0.3) is 0 Å². The first kappa shape index (κ1) is 15.4. The van der Waals surface area contributed by atoms with Gasteiger partial charge in [0.05, 0.1) is 27.7 Å². The first-order valence-corrected chi connectivity index (χ1v) is 5.79. The Kier molecular flexibility index (Phi) is 7.36. The van der Waals surface area contributed by atoms with Gasteiger partial charge >= 0.3 is 5.97 Å². The molecule has 1 N–H and O–H groups in total. The van der Waals surface area contributed by atoms with Crippen molar-refractivity contribution in [2.75, 3.05) is 46.6 Å². The summed E-state index contributed by atoms with van der Waals surface area (Å²) >= 11 is 4.02. The molecule has 0 spiro atoms. The molecule has 1 atom stereocenters. The molecule has 0 aliphatic carbocycles. The van der Waals surface area contributed by atoms with Crippen LogP contribution in [0.4, 0.5) is 0 Å². The zero-order valence-corrected chi connectivity index (χ0v) is 11.0. The minimum Gasteiger partial charge on any atom is -0.459 e. The van der Waals surface area contributed by atoms with Crippen molar-refractivity contribution in [3.05, 3.63) is 0 Å². The van der Waals surface area contributed by atoms with Crippen molar-refractivity contribution >= 4 is 24.9 Å². The van der Waals surface area contributed by atoms with Gasteiger partial charge in [0, 0.05) is 5.75 Å². The summed E-state index contributed by atoms with van der Waals surface area (Å²) in [4.78, 5) is 21.7. The molecule has 0 amide bonds. The Balaban J connectivity index is 3.88. The van der Waals surface area contributed by atoms with Gasteiger partial charge in [-0.3, -0.25) is 10.1 Å². The van der Waals surface area contributed by atoms with Gasteiger partial charge in [-0.1, -0.05) is 0 Å². The highest BCUT2D eigenvalue weighted by molar-refractivity contribution is 7.80. The van der Waals surface area contributed by atoms with E-state index in [1.54, 1.807) is 0 Å². The zero-order chi connectivity index (χ0) is 12.6. The lowest BCUT2D eigenvalue weighted by atomic mass is 10.3. The minimum atomic E-state index is -0.513. The largest absolute Gasteiger partial charge is 0.459 e. The van der Waals surface area contributed by atoms with E-state index in [-0.39, 0.29) is 12.5 Å². The maximum atomic E-state index is 11.5. The fraction of sp³-hybridized carbons (Fsp3) is 0.800. The van der Waals surface area contributed by atoms with Gasteiger partial charge in [-0.2, -0.15) is 12.6 Å². The van der Waals surface area contributed by atoms with Gasteiger partial charge in [0.15, 0.2) is 0 Å². The molecule has 0 radical (unpaired) electrons. The van der Waals surface area contributed by atoms with Gasteiger partial charge in [0.1, 0.15) is 25.5 Å². The Bertz CT molecular complexity index is 229. The molecule has 0 aromatic carbocycles. The van der Waals surface area contributed by atoms with Gasteiger partial charge in [-0.25, -0.2) is 0 Å². The summed E-state index contributed by atoms with van der Waals surface area (Å²) in [6, 6.07) is -0.513. The van der Waals surface area contributed by atoms with Crippen molar-refractivity contribution in [1.29, 1.82) is 0 Å². The second-order valence-electron chi connectivity index (χ2n) is 4.49. The summed E-state index contributed by atoms with van der Waals surface area (Å²) < 4.78 is 5.82. The van der Waals surface area contributed by atoms with E-state index in [2.05, 4.69) is 17.9 Å². The van der Waals surface area contributed by atoms with E-state index in [0.717, 1.165) is 11.0 Å². The number of rotatable bonds is 8. The van der Waals surface area contributed by atoms with E-state index in [9.17, 15) is 9.59 Å². The molecular formula is C10H21N2O3S+. The lowest BCUT2D eigenvalue weighted by Crippen LogP contribution is -2.43. The van der Waals surface area contributed by atoms with Gasteiger partial charge in [-0.05, 0) is 0 Å². The highest BCUT2D eigenvalue weighted by Gasteiger charge is 2.18. The van der Waals surface area contributed by atoms with Gasteiger partial charge in [-0.15, -0.1) is 0 Å². The standard InChI is InChI=1S/C10H20N2O3S/c1-12(2,3)5-7-15-10(14)9(8-16)11-4-6-13/h6,9,11H,4-5,7-8H2,1-3H3/p+1/t9-/m0/s1. The maximum absolute atomic E-state index is 11.5. The van der Waals surface area contributed by atoms with E-state index < -0.39 is 6.04 Å². The van der Waals surface area contributed by atoms with Crippen LogP contribution in [0.25, 0.3) is 0 Å². The summed E-state index contributed by atoms with van der Waals surface area (Å²) in [5, 5.41) is 2.74. The molecule has 0 fully saturated rings. The number of nitrogens with zero attached hydrogens (tertiary/aromatic N) is 1. The van der Waals surface area contributed by atoms with E-state index in [4.69, 9.17) is 4.74 Å². The third kappa shape index (κ3) is 7.67.